The second-order valence-corrected chi connectivity index (χ2v) is 4.99. The van der Waals surface area contributed by atoms with Gasteiger partial charge in [-0.3, -0.25) is 0 Å². The molecule has 0 spiro atoms. The molecule has 0 aliphatic rings. The molecule has 0 saturated carbocycles. The third kappa shape index (κ3) is 2.34. The summed E-state index contributed by atoms with van der Waals surface area (Å²) in [6.45, 7) is 1.50. The van der Waals surface area contributed by atoms with Gasteiger partial charge in [0.25, 0.3) is 0 Å². The highest BCUT2D eigenvalue weighted by atomic mass is 35.5. The number of nitrogens with one attached hydrogen (secondary N) is 1. The Morgan fingerprint density at radius 1 is 1.28 bits per heavy atom. The SMILES string of the molecule is C/C(=C\c1c(Cl)[nH]c2cc(Cl)c(Cl)cc12)C(=O)O. The predicted molar refractivity (Wildman–Crippen MR) is 74.6 cm³/mol. The Labute approximate surface area is 118 Å². The van der Waals surface area contributed by atoms with E-state index in [1.54, 1.807) is 12.1 Å². The van der Waals surface area contributed by atoms with Gasteiger partial charge in [-0.25, -0.2) is 4.79 Å². The van der Waals surface area contributed by atoms with E-state index in [0.717, 1.165) is 5.39 Å². The summed E-state index contributed by atoms with van der Waals surface area (Å²) in [6, 6.07) is 3.31. The van der Waals surface area contributed by atoms with E-state index >= 15 is 0 Å². The molecular weight excluding hydrogens is 296 g/mol. The minimum Gasteiger partial charge on any atom is -0.478 e. The zero-order valence-corrected chi connectivity index (χ0v) is 11.5. The van der Waals surface area contributed by atoms with Crippen molar-refractivity contribution in [3.05, 3.63) is 38.5 Å². The quantitative estimate of drug-likeness (QED) is 0.796. The number of carboxylic acid groups (broad SMARTS) is 1. The van der Waals surface area contributed by atoms with E-state index < -0.39 is 5.97 Å². The molecule has 0 aliphatic carbocycles. The summed E-state index contributed by atoms with van der Waals surface area (Å²) in [6.07, 6.45) is 1.49. The van der Waals surface area contributed by atoms with Gasteiger partial charge in [0.15, 0.2) is 0 Å². The molecule has 0 atom stereocenters. The highest BCUT2D eigenvalue weighted by Crippen LogP contribution is 2.34. The van der Waals surface area contributed by atoms with E-state index in [1.165, 1.54) is 13.0 Å². The normalized spacial score (nSPS) is 12.1. The minimum absolute atomic E-state index is 0.184. The van der Waals surface area contributed by atoms with Crippen molar-refractivity contribution < 1.29 is 9.90 Å². The van der Waals surface area contributed by atoms with Gasteiger partial charge in [-0.1, -0.05) is 34.8 Å². The van der Waals surface area contributed by atoms with E-state index in [9.17, 15) is 4.79 Å². The van der Waals surface area contributed by atoms with Crippen molar-refractivity contribution >= 4 is 57.8 Å². The fourth-order valence-corrected chi connectivity index (χ4v) is 2.18. The summed E-state index contributed by atoms with van der Waals surface area (Å²) in [7, 11) is 0. The minimum atomic E-state index is -1.000. The third-order valence-corrected chi connectivity index (χ3v) is 3.55. The van der Waals surface area contributed by atoms with Gasteiger partial charge < -0.3 is 10.1 Å². The first-order valence-corrected chi connectivity index (χ1v) is 6.11. The molecule has 0 unspecified atom stereocenters. The second-order valence-electron chi connectivity index (χ2n) is 3.80. The number of halogens is 3. The van der Waals surface area contributed by atoms with Crippen LogP contribution < -0.4 is 0 Å². The lowest BCUT2D eigenvalue weighted by molar-refractivity contribution is -0.132. The number of rotatable bonds is 2. The summed E-state index contributed by atoms with van der Waals surface area (Å²) < 4.78 is 0. The van der Waals surface area contributed by atoms with E-state index in [1.807, 2.05) is 0 Å². The maximum atomic E-state index is 10.8. The van der Waals surface area contributed by atoms with Gasteiger partial charge in [-0.05, 0) is 25.1 Å². The number of hydrogen-bond acceptors (Lipinski definition) is 1. The Morgan fingerprint density at radius 3 is 2.50 bits per heavy atom. The van der Waals surface area contributed by atoms with E-state index in [4.69, 9.17) is 39.9 Å². The highest BCUT2D eigenvalue weighted by molar-refractivity contribution is 6.43. The number of aromatic amines is 1. The van der Waals surface area contributed by atoms with Crippen molar-refractivity contribution in [1.82, 2.24) is 4.98 Å². The van der Waals surface area contributed by atoms with Crippen LogP contribution in [-0.2, 0) is 4.79 Å². The molecule has 0 fully saturated rings. The van der Waals surface area contributed by atoms with Crippen LogP contribution in [0.25, 0.3) is 17.0 Å². The van der Waals surface area contributed by atoms with Gasteiger partial charge in [0.05, 0.1) is 10.0 Å². The first-order valence-electron chi connectivity index (χ1n) is 4.98. The van der Waals surface area contributed by atoms with Crippen LogP contribution >= 0.6 is 34.8 Å². The summed E-state index contributed by atoms with van der Waals surface area (Å²) in [4.78, 5) is 13.7. The molecule has 2 rings (SSSR count). The Bertz CT molecular complexity index is 674. The van der Waals surface area contributed by atoms with E-state index in [2.05, 4.69) is 4.98 Å². The van der Waals surface area contributed by atoms with Crippen LogP contribution in [0.3, 0.4) is 0 Å². The van der Waals surface area contributed by atoms with Crippen molar-refractivity contribution in [1.29, 1.82) is 0 Å². The van der Waals surface area contributed by atoms with Crippen LogP contribution in [0, 0.1) is 0 Å². The van der Waals surface area contributed by atoms with Crippen LogP contribution in [0.5, 0.6) is 0 Å². The summed E-state index contributed by atoms with van der Waals surface area (Å²) >= 11 is 17.9. The van der Waals surface area contributed by atoms with Crippen molar-refractivity contribution in [2.45, 2.75) is 6.92 Å². The molecule has 0 saturated heterocycles. The average Bonchev–Trinajstić information content (AvgIpc) is 2.56. The third-order valence-electron chi connectivity index (χ3n) is 2.53. The molecule has 2 N–H and O–H groups in total. The molecule has 18 heavy (non-hydrogen) atoms. The molecule has 2 aromatic rings. The van der Waals surface area contributed by atoms with Gasteiger partial charge in [0, 0.05) is 22.0 Å². The molecule has 94 valence electrons. The summed E-state index contributed by atoms with van der Waals surface area (Å²) in [5.74, 6) is -1.000. The second kappa shape index (κ2) is 4.84. The lowest BCUT2D eigenvalue weighted by Crippen LogP contribution is -1.95. The number of carbonyl (C=O) groups is 1. The number of hydrogen-bond donors (Lipinski definition) is 2. The predicted octanol–water partition coefficient (Wildman–Crippen LogP) is 4.62. The maximum Gasteiger partial charge on any atom is 0.331 e. The Balaban J connectivity index is 2.71. The molecule has 1 heterocycles. The van der Waals surface area contributed by atoms with E-state index in [0.29, 0.717) is 26.3 Å². The fraction of sp³-hybridized carbons (Fsp3) is 0.0833. The van der Waals surface area contributed by atoms with Crippen LogP contribution in [0.1, 0.15) is 12.5 Å². The van der Waals surface area contributed by atoms with Crippen molar-refractivity contribution in [3.63, 3.8) is 0 Å². The van der Waals surface area contributed by atoms with Crippen molar-refractivity contribution in [2.24, 2.45) is 0 Å². The van der Waals surface area contributed by atoms with Gasteiger partial charge in [0.1, 0.15) is 5.15 Å². The topological polar surface area (TPSA) is 53.1 Å². The van der Waals surface area contributed by atoms with Gasteiger partial charge in [-0.15, -0.1) is 0 Å². The average molecular weight is 305 g/mol. The van der Waals surface area contributed by atoms with Crippen molar-refractivity contribution in [2.75, 3.05) is 0 Å². The van der Waals surface area contributed by atoms with Crippen LogP contribution in [0.4, 0.5) is 0 Å². The Hall–Kier alpha value is -1.16. The number of H-pyrrole nitrogens is 1. The van der Waals surface area contributed by atoms with Gasteiger partial charge >= 0.3 is 5.97 Å². The fourth-order valence-electron chi connectivity index (χ4n) is 1.60. The molecule has 0 bridgehead atoms. The maximum absolute atomic E-state index is 10.8. The molecule has 0 amide bonds. The van der Waals surface area contributed by atoms with Gasteiger partial charge in [0.2, 0.25) is 0 Å². The lowest BCUT2D eigenvalue weighted by Gasteiger charge is -1.98. The summed E-state index contributed by atoms with van der Waals surface area (Å²) in [5, 5.41) is 10.8. The Morgan fingerprint density at radius 2 is 1.89 bits per heavy atom. The smallest absolute Gasteiger partial charge is 0.331 e. The van der Waals surface area contributed by atoms with Crippen LogP contribution in [0.15, 0.2) is 17.7 Å². The first-order chi connectivity index (χ1) is 8.40. The van der Waals surface area contributed by atoms with E-state index in [-0.39, 0.29) is 5.57 Å². The summed E-state index contributed by atoms with van der Waals surface area (Å²) in [5.41, 5.74) is 1.48. The Kier molecular flexibility index (Phi) is 3.57. The number of aromatic nitrogens is 1. The highest BCUT2D eigenvalue weighted by Gasteiger charge is 2.12. The number of fused-ring (bicyclic) bond motifs is 1. The number of aliphatic carboxylic acids is 1. The van der Waals surface area contributed by atoms with Crippen molar-refractivity contribution in [3.8, 4) is 0 Å². The lowest BCUT2D eigenvalue weighted by atomic mass is 10.1. The molecule has 1 aromatic heterocycles. The van der Waals surface area contributed by atoms with Crippen LogP contribution in [0.2, 0.25) is 15.2 Å². The molecule has 3 nitrogen and oxygen atoms in total. The zero-order chi connectivity index (χ0) is 13.4. The standard InChI is InChI=1S/C12H8Cl3NO2/c1-5(12(17)18)2-7-6-3-8(13)9(14)4-10(6)16-11(7)15/h2-4,16H,1H3,(H,17,18)/b5-2+. The molecule has 6 heteroatoms. The number of carboxylic acids is 1. The molecule has 0 radical (unpaired) electrons. The zero-order valence-electron chi connectivity index (χ0n) is 9.22. The largest absolute Gasteiger partial charge is 0.478 e. The molecule has 0 aliphatic heterocycles. The van der Waals surface area contributed by atoms with Crippen LogP contribution in [-0.4, -0.2) is 16.1 Å². The molecule has 1 aromatic carbocycles. The first kappa shape index (κ1) is 13.3. The molecular formula is C12H8Cl3NO2. The number of benzene rings is 1. The monoisotopic (exact) mass is 303 g/mol. The van der Waals surface area contributed by atoms with Gasteiger partial charge in [-0.2, -0.15) is 0 Å².